The average Bonchev–Trinajstić information content (AvgIpc) is 3.12. The first-order chi connectivity index (χ1) is 13.7. The Morgan fingerprint density at radius 2 is 2.07 bits per heavy atom. The summed E-state index contributed by atoms with van der Waals surface area (Å²) in [6, 6.07) is 7.86. The third-order valence-electron chi connectivity index (χ3n) is 5.02. The smallest absolute Gasteiger partial charge is 0.227 e. The lowest BCUT2D eigenvalue weighted by atomic mass is 10.00. The van der Waals surface area contributed by atoms with E-state index < -0.39 is 0 Å². The van der Waals surface area contributed by atoms with Crippen molar-refractivity contribution in [1.82, 2.24) is 19.9 Å². The standard InChI is InChI=1S/C20H21N5OS2/c27-15-3-1-2-14(10-15)22-20-21-11-13-4-5-16-19(18(13)24-20)28-17(23-16)12-25-6-8-26-9-7-25/h1-3,10-11,27H,4-9,12H2,(H,21,22,24). The van der Waals surface area contributed by atoms with E-state index in [2.05, 4.69) is 27.8 Å². The maximum absolute atomic E-state index is 5.45. The number of aryl methyl sites for hydroxylation is 2. The molecule has 0 unspecified atom stereocenters. The van der Waals surface area contributed by atoms with Gasteiger partial charge in [0.2, 0.25) is 5.95 Å². The van der Waals surface area contributed by atoms with Crippen LogP contribution in [-0.4, -0.2) is 46.2 Å². The van der Waals surface area contributed by atoms with E-state index in [-0.39, 0.29) is 0 Å². The Balaban J connectivity index is 1.41. The topological polar surface area (TPSA) is 63.2 Å². The van der Waals surface area contributed by atoms with Crippen molar-refractivity contribution in [2.75, 3.05) is 31.6 Å². The van der Waals surface area contributed by atoms with Crippen molar-refractivity contribution in [2.45, 2.75) is 24.3 Å². The number of morpholine rings is 1. The number of nitrogens with one attached hydrogen (secondary N) is 1. The molecule has 2 aliphatic rings. The van der Waals surface area contributed by atoms with Crippen LogP contribution in [0.15, 0.2) is 35.4 Å². The van der Waals surface area contributed by atoms with Gasteiger partial charge in [-0.15, -0.1) is 24.0 Å². The molecular formula is C20H21N5OS2. The molecule has 1 saturated heterocycles. The van der Waals surface area contributed by atoms with Crippen molar-refractivity contribution in [2.24, 2.45) is 0 Å². The van der Waals surface area contributed by atoms with Crippen LogP contribution < -0.4 is 5.32 Å². The van der Waals surface area contributed by atoms with Crippen LogP contribution in [0.4, 0.5) is 11.6 Å². The lowest BCUT2D eigenvalue weighted by Crippen LogP contribution is -2.35. The van der Waals surface area contributed by atoms with Gasteiger partial charge in [0.05, 0.1) is 36.0 Å². The summed E-state index contributed by atoms with van der Waals surface area (Å²) in [6.45, 7) is 4.46. The van der Waals surface area contributed by atoms with Crippen LogP contribution in [0, 0.1) is 0 Å². The molecule has 2 aromatic heterocycles. The first-order valence-electron chi connectivity index (χ1n) is 9.45. The van der Waals surface area contributed by atoms with E-state index >= 15 is 0 Å². The molecule has 28 heavy (non-hydrogen) atoms. The highest BCUT2D eigenvalue weighted by molar-refractivity contribution is 7.80. The summed E-state index contributed by atoms with van der Waals surface area (Å²) in [4.78, 5) is 18.8. The molecule has 5 rings (SSSR count). The predicted octanol–water partition coefficient (Wildman–Crippen LogP) is 3.56. The zero-order valence-corrected chi connectivity index (χ0v) is 17.1. The van der Waals surface area contributed by atoms with Gasteiger partial charge in [0.15, 0.2) is 0 Å². The minimum atomic E-state index is 0.605. The normalized spacial score (nSPS) is 16.5. The number of anilines is 2. The molecule has 0 spiro atoms. The third-order valence-corrected chi connectivity index (χ3v) is 6.38. The van der Waals surface area contributed by atoms with Crippen molar-refractivity contribution < 1.29 is 4.74 Å². The Morgan fingerprint density at radius 3 is 2.93 bits per heavy atom. The van der Waals surface area contributed by atoms with Gasteiger partial charge >= 0.3 is 0 Å². The highest BCUT2D eigenvalue weighted by atomic mass is 32.1. The number of aromatic nitrogens is 3. The molecule has 0 radical (unpaired) electrons. The van der Waals surface area contributed by atoms with Gasteiger partial charge < -0.3 is 10.1 Å². The fourth-order valence-electron chi connectivity index (χ4n) is 3.59. The van der Waals surface area contributed by atoms with Crippen molar-refractivity contribution in [1.29, 1.82) is 0 Å². The van der Waals surface area contributed by atoms with E-state index in [1.807, 2.05) is 30.5 Å². The van der Waals surface area contributed by atoms with Crippen LogP contribution in [0.25, 0.3) is 10.6 Å². The highest BCUT2D eigenvalue weighted by Crippen LogP contribution is 2.37. The van der Waals surface area contributed by atoms with E-state index in [9.17, 15) is 0 Å². The number of hydrogen-bond acceptors (Lipinski definition) is 8. The Bertz CT molecular complexity index is 1000. The number of nitrogens with zero attached hydrogens (tertiary/aromatic N) is 4. The number of rotatable bonds is 4. The minimum Gasteiger partial charge on any atom is -0.379 e. The fraction of sp³-hybridized carbons (Fsp3) is 0.350. The van der Waals surface area contributed by atoms with Crippen LogP contribution in [0.5, 0.6) is 0 Å². The van der Waals surface area contributed by atoms with E-state index in [1.165, 1.54) is 16.1 Å². The molecule has 1 aliphatic carbocycles. The summed E-state index contributed by atoms with van der Waals surface area (Å²) in [6.07, 6.45) is 3.84. The second kappa shape index (κ2) is 7.79. The molecular weight excluding hydrogens is 390 g/mol. The van der Waals surface area contributed by atoms with Crippen molar-refractivity contribution in [3.05, 3.63) is 46.7 Å². The van der Waals surface area contributed by atoms with Crippen LogP contribution in [0.2, 0.25) is 0 Å². The molecule has 3 aromatic rings. The van der Waals surface area contributed by atoms with Gasteiger partial charge in [0.1, 0.15) is 5.01 Å². The number of ether oxygens (including phenoxy) is 1. The van der Waals surface area contributed by atoms with Crippen LogP contribution in [0.3, 0.4) is 0 Å². The molecule has 1 aromatic carbocycles. The second-order valence-corrected chi connectivity index (χ2v) is 8.61. The molecule has 6 nitrogen and oxygen atoms in total. The van der Waals surface area contributed by atoms with Crippen molar-refractivity contribution >= 4 is 35.6 Å². The molecule has 8 heteroatoms. The molecule has 0 atom stereocenters. The molecule has 0 saturated carbocycles. The molecule has 0 bridgehead atoms. The van der Waals surface area contributed by atoms with Gasteiger partial charge in [-0.25, -0.2) is 15.0 Å². The maximum atomic E-state index is 5.45. The van der Waals surface area contributed by atoms with Gasteiger partial charge in [-0.2, -0.15) is 0 Å². The summed E-state index contributed by atoms with van der Waals surface area (Å²) in [5, 5.41) is 4.45. The quantitative estimate of drug-likeness (QED) is 0.640. The first kappa shape index (κ1) is 18.1. The zero-order chi connectivity index (χ0) is 18.9. The summed E-state index contributed by atoms with van der Waals surface area (Å²) in [5.41, 5.74) is 4.32. The minimum absolute atomic E-state index is 0.605. The van der Waals surface area contributed by atoms with Gasteiger partial charge in [-0.1, -0.05) is 6.07 Å². The van der Waals surface area contributed by atoms with Crippen molar-refractivity contribution in [3.8, 4) is 10.6 Å². The summed E-state index contributed by atoms with van der Waals surface area (Å²) in [5.74, 6) is 0.605. The lowest BCUT2D eigenvalue weighted by molar-refractivity contribution is 0.0341. The Morgan fingerprint density at radius 1 is 1.18 bits per heavy atom. The molecule has 0 amide bonds. The lowest BCUT2D eigenvalue weighted by Gasteiger charge is -2.25. The monoisotopic (exact) mass is 411 g/mol. The van der Waals surface area contributed by atoms with E-state index in [4.69, 9.17) is 14.7 Å². The van der Waals surface area contributed by atoms with Gasteiger partial charge in [-0.05, 0) is 36.6 Å². The third kappa shape index (κ3) is 3.77. The first-order valence-corrected chi connectivity index (χ1v) is 10.7. The number of thiol groups is 1. The molecule has 1 aliphatic heterocycles. The van der Waals surface area contributed by atoms with Crippen LogP contribution in [-0.2, 0) is 24.1 Å². The predicted molar refractivity (Wildman–Crippen MR) is 114 cm³/mol. The molecule has 144 valence electrons. The second-order valence-electron chi connectivity index (χ2n) is 7.01. The maximum Gasteiger partial charge on any atom is 0.227 e. The Labute approximate surface area is 173 Å². The number of fused-ring (bicyclic) bond motifs is 3. The fourth-order valence-corrected chi connectivity index (χ4v) is 4.99. The van der Waals surface area contributed by atoms with Gasteiger partial charge in [0, 0.05) is 29.9 Å². The molecule has 1 fully saturated rings. The molecule has 1 N–H and O–H groups in total. The summed E-state index contributed by atoms with van der Waals surface area (Å²) in [7, 11) is 0. The SMILES string of the molecule is Sc1cccc(Nc2ncc3c(n2)-c2sc(CN4CCOCC4)nc2CC3)c1. The van der Waals surface area contributed by atoms with Crippen LogP contribution >= 0.6 is 24.0 Å². The highest BCUT2D eigenvalue weighted by Gasteiger charge is 2.24. The number of benzene rings is 1. The Hall–Kier alpha value is -2.00. The van der Waals surface area contributed by atoms with E-state index in [0.717, 1.165) is 67.0 Å². The number of thiazole rings is 1. The van der Waals surface area contributed by atoms with Gasteiger partial charge in [-0.3, -0.25) is 4.90 Å². The zero-order valence-electron chi connectivity index (χ0n) is 15.4. The average molecular weight is 412 g/mol. The largest absolute Gasteiger partial charge is 0.379 e. The number of hydrogen-bond donors (Lipinski definition) is 2. The van der Waals surface area contributed by atoms with E-state index in [1.54, 1.807) is 11.3 Å². The summed E-state index contributed by atoms with van der Waals surface area (Å²) >= 11 is 6.16. The van der Waals surface area contributed by atoms with Crippen LogP contribution in [0.1, 0.15) is 16.3 Å². The van der Waals surface area contributed by atoms with E-state index in [0.29, 0.717) is 5.95 Å². The van der Waals surface area contributed by atoms with Crippen molar-refractivity contribution in [3.63, 3.8) is 0 Å². The summed E-state index contributed by atoms with van der Waals surface area (Å²) < 4.78 is 5.45. The Kier molecular flexibility index (Phi) is 5.02. The van der Waals surface area contributed by atoms with Gasteiger partial charge in [0.25, 0.3) is 0 Å². The molecule has 3 heterocycles.